The smallest absolute Gasteiger partial charge is 0.255 e. The van der Waals surface area contributed by atoms with E-state index in [1.54, 1.807) is 0 Å². The number of amides is 1. The van der Waals surface area contributed by atoms with Gasteiger partial charge in [0, 0.05) is 11.8 Å². The molecule has 0 radical (unpaired) electrons. The number of benzene rings is 1. The zero-order chi connectivity index (χ0) is 14.0. The number of pyridine rings is 1. The van der Waals surface area contributed by atoms with Gasteiger partial charge in [-0.2, -0.15) is 0 Å². The third-order valence-electron chi connectivity index (χ3n) is 2.51. The van der Waals surface area contributed by atoms with Crippen molar-refractivity contribution in [1.82, 2.24) is 4.98 Å². The van der Waals surface area contributed by atoms with Crippen molar-refractivity contribution in [3.63, 3.8) is 0 Å². The number of anilines is 1. The van der Waals surface area contributed by atoms with Gasteiger partial charge in [0.1, 0.15) is 16.1 Å². The Morgan fingerprint density at radius 1 is 1.32 bits per heavy atom. The van der Waals surface area contributed by atoms with Crippen molar-refractivity contribution < 1.29 is 13.6 Å². The second-order valence-corrected chi connectivity index (χ2v) is 4.69. The SMILES string of the molecule is Cc1ccc(F)c(NC(=O)c2ccnc(Br)c2)c1F. The molecule has 98 valence electrons. The van der Waals surface area contributed by atoms with E-state index in [-0.39, 0.29) is 11.1 Å². The summed E-state index contributed by atoms with van der Waals surface area (Å²) >= 11 is 3.12. The molecule has 0 aliphatic heterocycles. The van der Waals surface area contributed by atoms with Gasteiger partial charge in [-0.25, -0.2) is 13.8 Å². The minimum absolute atomic E-state index is 0.252. The number of hydrogen-bond acceptors (Lipinski definition) is 2. The van der Waals surface area contributed by atoms with Gasteiger partial charge in [0.05, 0.1) is 0 Å². The molecule has 6 heteroatoms. The number of hydrogen-bond donors (Lipinski definition) is 1. The first kappa shape index (κ1) is 13.6. The highest BCUT2D eigenvalue weighted by molar-refractivity contribution is 9.10. The number of aromatic nitrogens is 1. The highest BCUT2D eigenvalue weighted by atomic mass is 79.9. The summed E-state index contributed by atoms with van der Waals surface area (Å²) in [6.07, 6.45) is 1.42. The van der Waals surface area contributed by atoms with Crippen molar-refractivity contribution in [2.45, 2.75) is 6.92 Å². The van der Waals surface area contributed by atoms with E-state index in [1.807, 2.05) is 0 Å². The van der Waals surface area contributed by atoms with Crippen LogP contribution in [0.5, 0.6) is 0 Å². The molecule has 1 amide bonds. The Labute approximate surface area is 116 Å². The monoisotopic (exact) mass is 326 g/mol. The Balaban J connectivity index is 2.32. The molecule has 0 aliphatic rings. The van der Waals surface area contributed by atoms with Crippen LogP contribution in [0, 0.1) is 18.6 Å². The lowest BCUT2D eigenvalue weighted by Crippen LogP contribution is -2.15. The van der Waals surface area contributed by atoms with Gasteiger partial charge in [0.15, 0.2) is 5.82 Å². The predicted octanol–water partition coefficient (Wildman–Crippen LogP) is 3.68. The maximum atomic E-state index is 13.7. The van der Waals surface area contributed by atoms with Crippen molar-refractivity contribution in [2.24, 2.45) is 0 Å². The van der Waals surface area contributed by atoms with E-state index in [2.05, 4.69) is 26.2 Å². The van der Waals surface area contributed by atoms with E-state index in [1.165, 1.54) is 31.3 Å². The lowest BCUT2D eigenvalue weighted by atomic mass is 10.2. The maximum absolute atomic E-state index is 13.7. The average molecular weight is 327 g/mol. The summed E-state index contributed by atoms with van der Waals surface area (Å²) < 4.78 is 27.7. The van der Waals surface area contributed by atoms with Crippen LogP contribution in [0.1, 0.15) is 15.9 Å². The molecule has 0 saturated heterocycles. The van der Waals surface area contributed by atoms with Crippen LogP contribution in [0.15, 0.2) is 35.1 Å². The first-order chi connectivity index (χ1) is 8.99. The fourth-order valence-corrected chi connectivity index (χ4v) is 1.87. The van der Waals surface area contributed by atoms with Crippen LogP contribution < -0.4 is 5.32 Å². The summed E-state index contributed by atoms with van der Waals surface area (Å²) in [5.41, 5.74) is 0.0627. The number of aryl methyl sites for hydroxylation is 1. The Hall–Kier alpha value is -1.82. The summed E-state index contributed by atoms with van der Waals surface area (Å²) in [6.45, 7) is 1.49. The summed E-state index contributed by atoms with van der Waals surface area (Å²) in [4.78, 5) is 15.8. The molecule has 3 nitrogen and oxygen atoms in total. The van der Waals surface area contributed by atoms with E-state index < -0.39 is 23.2 Å². The molecule has 0 unspecified atom stereocenters. The van der Waals surface area contributed by atoms with Crippen molar-refractivity contribution in [3.05, 3.63) is 57.8 Å². The van der Waals surface area contributed by atoms with Crippen molar-refractivity contribution in [1.29, 1.82) is 0 Å². The number of carbonyl (C=O) groups is 1. The van der Waals surface area contributed by atoms with Gasteiger partial charge < -0.3 is 5.32 Å². The van der Waals surface area contributed by atoms with Crippen LogP contribution >= 0.6 is 15.9 Å². The Morgan fingerprint density at radius 3 is 2.74 bits per heavy atom. The zero-order valence-electron chi connectivity index (χ0n) is 9.88. The normalized spacial score (nSPS) is 10.3. The zero-order valence-corrected chi connectivity index (χ0v) is 11.5. The minimum atomic E-state index is -0.815. The summed E-state index contributed by atoms with van der Waals surface area (Å²) in [7, 11) is 0. The van der Waals surface area contributed by atoms with Gasteiger partial charge in [-0.1, -0.05) is 6.07 Å². The van der Waals surface area contributed by atoms with Crippen LogP contribution in [-0.4, -0.2) is 10.9 Å². The molecule has 0 aliphatic carbocycles. The topological polar surface area (TPSA) is 42.0 Å². The molecule has 1 N–H and O–H groups in total. The number of carbonyl (C=O) groups excluding carboxylic acids is 1. The standard InChI is InChI=1S/C13H9BrF2N2O/c1-7-2-3-9(15)12(11(7)16)18-13(19)8-4-5-17-10(14)6-8/h2-6H,1H3,(H,18,19). The Kier molecular flexibility index (Phi) is 3.90. The molecule has 1 aromatic heterocycles. The van der Waals surface area contributed by atoms with E-state index >= 15 is 0 Å². The lowest BCUT2D eigenvalue weighted by molar-refractivity contribution is 0.102. The second-order valence-electron chi connectivity index (χ2n) is 3.87. The van der Waals surface area contributed by atoms with Gasteiger partial charge >= 0.3 is 0 Å². The summed E-state index contributed by atoms with van der Waals surface area (Å²) in [5.74, 6) is -2.20. The number of rotatable bonds is 2. The maximum Gasteiger partial charge on any atom is 0.255 e. The van der Waals surface area contributed by atoms with Gasteiger partial charge in [-0.15, -0.1) is 0 Å². The molecule has 2 rings (SSSR count). The first-order valence-electron chi connectivity index (χ1n) is 5.36. The van der Waals surface area contributed by atoms with Gasteiger partial charge in [0.2, 0.25) is 0 Å². The van der Waals surface area contributed by atoms with Crippen LogP contribution in [0.3, 0.4) is 0 Å². The molecule has 0 fully saturated rings. The Morgan fingerprint density at radius 2 is 2.05 bits per heavy atom. The molecule has 0 saturated carbocycles. The van der Waals surface area contributed by atoms with Crippen LogP contribution in [0.25, 0.3) is 0 Å². The van der Waals surface area contributed by atoms with Crippen LogP contribution in [-0.2, 0) is 0 Å². The lowest BCUT2D eigenvalue weighted by Gasteiger charge is -2.09. The number of nitrogens with zero attached hydrogens (tertiary/aromatic N) is 1. The number of halogens is 3. The average Bonchev–Trinajstić information content (AvgIpc) is 2.39. The summed E-state index contributed by atoms with van der Waals surface area (Å²) in [5, 5.41) is 2.23. The molecule has 2 aromatic rings. The van der Waals surface area contributed by atoms with Crippen LogP contribution in [0.2, 0.25) is 0 Å². The van der Waals surface area contributed by atoms with E-state index in [9.17, 15) is 13.6 Å². The highest BCUT2D eigenvalue weighted by Gasteiger charge is 2.15. The van der Waals surface area contributed by atoms with Crippen molar-refractivity contribution in [3.8, 4) is 0 Å². The molecular formula is C13H9BrF2N2O. The summed E-state index contributed by atoms with van der Waals surface area (Å²) in [6, 6.07) is 5.33. The van der Waals surface area contributed by atoms with Crippen molar-refractivity contribution >= 4 is 27.5 Å². The number of nitrogens with one attached hydrogen (secondary N) is 1. The quantitative estimate of drug-likeness (QED) is 0.855. The second kappa shape index (κ2) is 5.44. The molecule has 0 spiro atoms. The molecule has 1 heterocycles. The minimum Gasteiger partial charge on any atom is -0.317 e. The van der Waals surface area contributed by atoms with Gasteiger partial charge in [-0.3, -0.25) is 4.79 Å². The van der Waals surface area contributed by atoms with E-state index in [0.29, 0.717) is 4.60 Å². The van der Waals surface area contributed by atoms with E-state index in [4.69, 9.17) is 0 Å². The molecule has 0 bridgehead atoms. The van der Waals surface area contributed by atoms with Crippen LogP contribution in [0.4, 0.5) is 14.5 Å². The van der Waals surface area contributed by atoms with Gasteiger partial charge in [-0.05, 0) is 46.6 Å². The molecule has 19 heavy (non-hydrogen) atoms. The predicted molar refractivity (Wildman–Crippen MR) is 71.0 cm³/mol. The Bertz CT molecular complexity index is 647. The highest BCUT2D eigenvalue weighted by Crippen LogP contribution is 2.22. The van der Waals surface area contributed by atoms with Crippen molar-refractivity contribution in [2.75, 3.05) is 5.32 Å². The molecule has 0 atom stereocenters. The van der Waals surface area contributed by atoms with Gasteiger partial charge in [0.25, 0.3) is 5.91 Å². The van der Waals surface area contributed by atoms with E-state index in [0.717, 1.165) is 6.07 Å². The first-order valence-corrected chi connectivity index (χ1v) is 6.16. The third-order valence-corrected chi connectivity index (χ3v) is 2.95. The third kappa shape index (κ3) is 2.96. The molecular weight excluding hydrogens is 318 g/mol. The fourth-order valence-electron chi connectivity index (χ4n) is 1.50. The largest absolute Gasteiger partial charge is 0.317 e. The fraction of sp³-hybridized carbons (Fsp3) is 0.0769. The molecule has 1 aromatic carbocycles.